The van der Waals surface area contributed by atoms with Crippen molar-refractivity contribution in [1.29, 1.82) is 0 Å². The fourth-order valence-corrected chi connectivity index (χ4v) is 6.10. The SMILES string of the molecule is Cc1cc(Nc2nc(Nc3ccccc3)nc(N(CCO)CCO)n2)ccc1/C=C/c1ccc(Nc2nc(Nc3ccccc3)nc(N(O)O)n2)cc1S(=O)(=O)O. The maximum Gasteiger partial charge on any atom is 0.295 e. The number of rotatable bonds is 17. The number of anilines is 10. The number of benzene rings is 4. The van der Waals surface area contributed by atoms with E-state index in [1.165, 1.54) is 24.3 Å². The quantitative estimate of drug-likeness (QED) is 0.0329. The van der Waals surface area contributed by atoms with Crippen molar-refractivity contribution in [1.82, 2.24) is 29.9 Å². The van der Waals surface area contributed by atoms with Crippen LogP contribution in [-0.4, -0.2) is 89.8 Å². The first-order valence-corrected chi connectivity index (χ1v) is 18.7. The van der Waals surface area contributed by atoms with Crippen molar-refractivity contribution in [3.63, 3.8) is 0 Å². The summed E-state index contributed by atoms with van der Waals surface area (Å²) in [6.45, 7) is 1.88. The summed E-state index contributed by atoms with van der Waals surface area (Å²) in [5.74, 6) is -0.0421. The molecular formula is C37H38N12O7S. The molecule has 6 aromatic rings. The first-order valence-electron chi connectivity index (χ1n) is 17.2. The molecule has 2 aromatic heterocycles. The third kappa shape index (κ3) is 10.9. The van der Waals surface area contributed by atoms with E-state index in [9.17, 15) is 33.6 Å². The second-order valence-electron chi connectivity index (χ2n) is 12.2. The molecule has 0 amide bonds. The zero-order valence-electron chi connectivity index (χ0n) is 30.3. The molecule has 0 saturated heterocycles. The number of hydrogen-bond donors (Lipinski definition) is 9. The van der Waals surface area contributed by atoms with Gasteiger partial charge in [-0.1, -0.05) is 65.9 Å². The Kier molecular flexibility index (Phi) is 12.7. The van der Waals surface area contributed by atoms with Crippen molar-refractivity contribution in [2.75, 3.05) is 57.7 Å². The Labute approximate surface area is 326 Å². The van der Waals surface area contributed by atoms with Crippen LogP contribution in [0.3, 0.4) is 0 Å². The molecule has 4 aromatic carbocycles. The predicted molar refractivity (Wildman–Crippen MR) is 214 cm³/mol. The number of hydrogen-bond acceptors (Lipinski definition) is 18. The maximum atomic E-state index is 12.5. The monoisotopic (exact) mass is 794 g/mol. The van der Waals surface area contributed by atoms with E-state index in [1.54, 1.807) is 47.4 Å². The van der Waals surface area contributed by atoms with Gasteiger partial charge in [-0.25, -0.2) is 0 Å². The van der Waals surface area contributed by atoms with Gasteiger partial charge in [-0.05, 0) is 72.1 Å². The summed E-state index contributed by atoms with van der Waals surface area (Å²) in [6.07, 6.45) is 3.23. The van der Waals surface area contributed by atoms with Gasteiger partial charge in [-0.15, -0.1) is 0 Å². The van der Waals surface area contributed by atoms with Crippen LogP contribution in [0.25, 0.3) is 12.2 Å². The zero-order chi connectivity index (χ0) is 40.4. The van der Waals surface area contributed by atoms with Crippen LogP contribution < -0.4 is 31.4 Å². The van der Waals surface area contributed by atoms with Crippen molar-refractivity contribution in [2.24, 2.45) is 0 Å². The molecule has 294 valence electrons. The molecule has 0 radical (unpaired) electrons. The number of nitrogens with one attached hydrogen (secondary N) is 4. The van der Waals surface area contributed by atoms with E-state index in [-0.39, 0.29) is 72.5 Å². The molecule has 0 bridgehead atoms. The molecule has 2 heterocycles. The Hall–Kier alpha value is -6.81. The fourth-order valence-electron chi connectivity index (χ4n) is 5.39. The number of aryl methyl sites for hydroxylation is 1. The molecule has 9 N–H and O–H groups in total. The Morgan fingerprint density at radius 2 is 1.02 bits per heavy atom. The van der Waals surface area contributed by atoms with Crippen molar-refractivity contribution in [2.45, 2.75) is 11.8 Å². The highest BCUT2D eigenvalue weighted by molar-refractivity contribution is 7.86. The molecule has 19 nitrogen and oxygen atoms in total. The number of nitrogens with zero attached hydrogens (tertiary/aromatic N) is 8. The fraction of sp³-hybridized carbons (Fsp3) is 0.135. The molecule has 0 atom stereocenters. The summed E-state index contributed by atoms with van der Waals surface area (Å²) in [4.78, 5) is 26.9. The summed E-state index contributed by atoms with van der Waals surface area (Å²) >= 11 is 0. The third-order valence-corrected chi connectivity index (χ3v) is 8.93. The van der Waals surface area contributed by atoms with Gasteiger partial charge in [-0.2, -0.15) is 38.3 Å². The first-order chi connectivity index (χ1) is 27.5. The minimum absolute atomic E-state index is 0.0430. The molecule has 0 aliphatic rings. The van der Waals surface area contributed by atoms with E-state index in [0.717, 1.165) is 16.8 Å². The van der Waals surface area contributed by atoms with Crippen LogP contribution in [-0.2, 0) is 10.1 Å². The van der Waals surface area contributed by atoms with Crippen molar-refractivity contribution in [3.8, 4) is 0 Å². The molecular weight excluding hydrogens is 757 g/mol. The van der Waals surface area contributed by atoms with Crippen LogP contribution in [0, 0.1) is 6.92 Å². The van der Waals surface area contributed by atoms with Crippen molar-refractivity contribution >= 4 is 80.7 Å². The normalized spacial score (nSPS) is 11.3. The summed E-state index contributed by atoms with van der Waals surface area (Å²) in [6, 6.07) is 27.8. The van der Waals surface area contributed by atoms with E-state index in [0.29, 0.717) is 11.4 Å². The van der Waals surface area contributed by atoms with Gasteiger partial charge in [0.05, 0.1) is 13.2 Å². The lowest BCUT2D eigenvalue weighted by molar-refractivity contribution is 0.0242. The number of aliphatic hydroxyl groups excluding tert-OH is 2. The van der Waals surface area contributed by atoms with Gasteiger partial charge in [0, 0.05) is 35.8 Å². The molecule has 0 fully saturated rings. The van der Waals surface area contributed by atoms with Crippen molar-refractivity contribution in [3.05, 3.63) is 114 Å². The second-order valence-corrected chi connectivity index (χ2v) is 13.5. The molecule has 0 aliphatic carbocycles. The van der Waals surface area contributed by atoms with Gasteiger partial charge in [0.1, 0.15) is 4.90 Å². The summed E-state index contributed by atoms with van der Waals surface area (Å²) < 4.78 is 35.2. The van der Waals surface area contributed by atoms with Gasteiger partial charge < -0.3 is 36.4 Å². The topological polar surface area (TPSA) is 267 Å². The van der Waals surface area contributed by atoms with Crippen molar-refractivity contribution < 1.29 is 33.6 Å². The largest absolute Gasteiger partial charge is 0.395 e. The minimum atomic E-state index is -4.73. The average molecular weight is 795 g/mol. The van der Waals surface area contributed by atoms with E-state index >= 15 is 0 Å². The molecule has 0 aliphatic heterocycles. The van der Waals surface area contributed by atoms with Gasteiger partial charge in [0.2, 0.25) is 29.7 Å². The number of para-hydroxylation sites is 2. The van der Waals surface area contributed by atoms with E-state index < -0.39 is 21.0 Å². The number of aromatic nitrogens is 6. The van der Waals surface area contributed by atoms with Crippen LogP contribution in [0.4, 0.5) is 58.4 Å². The predicted octanol–water partition coefficient (Wildman–Crippen LogP) is 5.13. The van der Waals surface area contributed by atoms with Crippen LogP contribution in [0.15, 0.2) is 102 Å². The summed E-state index contributed by atoms with van der Waals surface area (Å²) in [5.41, 5.74) is 3.86. The standard InChI is InChI=1S/C37H38N12O7S/c1-24-22-29(40-34-42-32(38-27-8-4-2-5-9-27)44-36(45-34)48(18-20-50)19-21-51)16-14-25(24)12-13-26-15-17-30(23-31(26)57(54,55)56)41-35-43-33(46-37(47-35)49(52)53)39-28-10-6-3-7-11-28/h2-17,22-23,50-53H,18-21H2,1H3,(H,54,55,56)(H2,38,40,42,44,45)(H2,39,41,43,46,47)/b13-12+. The first kappa shape index (κ1) is 39.9. The highest BCUT2D eigenvalue weighted by atomic mass is 32.2. The second kappa shape index (κ2) is 18.2. The van der Waals surface area contributed by atoms with Crippen LogP contribution in [0.2, 0.25) is 0 Å². The molecule has 0 unspecified atom stereocenters. The molecule has 20 heteroatoms. The highest BCUT2D eigenvalue weighted by Crippen LogP contribution is 2.27. The molecule has 0 saturated carbocycles. The highest BCUT2D eigenvalue weighted by Gasteiger charge is 2.18. The van der Waals surface area contributed by atoms with E-state index in [4.69, 9.17) is 0 Å². The third-order valence-electron chi connectivity index (χ3n) is 8.02. The van der Waals surface area contributed by atoms with E-state index in [2.05, 4.69) is 51.2 Å². The number of aliphatic hydroxyl groups is 2. The lowest BCUT2D eigenvalue weighted by Gasteiger charge is -2.21. The average Bonchev–Trinajstić information content (AvgIpc) is 3.18. The smallest absolute Gasteiger partial charge is 0.295 e. The van der Waals surface area contributed by atoms with Crippen LogP contribution in [0.1, 0.15) is 16.7 Å². The lowest BCUT2D eigenvalue weighted by atomic mass is 10.1. The van der Waals surface area contributed by atoms with E-state index in [1.807, 2.05) is 49.4 Å². The minimum Gasteiger partial charge on any atom is -0.395 e. The summed E-state index contributed by atoms with van der Waals surface area (Å²) in [5, 5.41) is 50.2. The summed E-state index contributed by atoms with van der Waals surface area (Å²) in [7, 11) is -4.73. The molecule has 6 rings (SSSR count). The van der Waals surface area contributed by atoms with Crippen LogP contribution >= 0.6 is 0 Å². The van der Waals surface area contributed by atoms with Gasteiger partial charge in [0.25, 0.3) is 16.1 Å². The zero-order valence-corrected chi connectivity index (χ0v) is 31.1. The van der Waals surface area contributed by atoms with Crippen LogP contribution in [0.5, 0.6) is 0 Å². The molecule has 0 spiro atoms. The van der Waals surface area contributed by atoms with Gasteiger partial charge >= 0.3 is 0 Å². The van der Waals surface area contributed by atoms with Gasteiger partial charge in [-0.3, -0.25) is 15.0 Å². The Bertz CT molecular complexity index is 2440. The lowest BCUT2D eigenvalue weighted by Crippen LogP contribution is -2.31. The Balaban J connectivity index is 1.23. The van der Waals surface area contributed by atoms with Gasteiger partial charge in [0.15, 0.2) is 0 Å². The Morgan fingerprint density at radius 1 is 0.579 bits per heavy atom. The molecule has 57 heavy (non-hydrogen) atoms. The maximum absolute atomic E-state index is 12.5. The Morgan fingerprint density at radius 3 is 1.47 bits per heavy atom.